The maximum Gasteiger partial charge on any atom is 0.131 e. The zero-order valence-electron chi connectivity index (χ0n) is 11.8. The molecule has 1 aliphatic rings. The van der Waals surface area contributed by atoms with Gasteiger partial charge in [0.25, 0.3) is 0 Å². The minimum Gasteiger partial charge on any atom is -0.370 e. The van der Waals surface area contributed by atoms with Gasteiger partial charge in [-0.05, 0) is 32.4 Å². The molecule has 0 aromatic carbocycles. The average Bonchev–Trinajstić information content (AvgIpc) is 2.38. The van der Waals surface area contributed by atoms with Crippen LogP contribution in [-0.2, 0) is 0 Å². The fourth-order valence-corrected chi connectivity index (χ4v) is 2.22. The highest BCUT2D eigenvalue weighted by molar-refractivity contribution is 5.46. The largest absolute Gasteiger partial charge is 0.370 e. The highest BCUT2D eigenvalue weighted by Crippen LogP contribution is 2.29. The Bertz CT molecular complexity index is 365. The fraction of sp³-hybridized carbons (Fsp3) is 0.714. The molecule has 0 amide bonds. The number of hydrogen-bond acceptors (Lipinski definition) is 5. The number of nitrogens with zero attached hydrogens (tertiary/aromatic N) is 2. The van der Waals surface area contributed by atoms with Crippen LogP contribution in [-0.4, -0.2) is 36.6 Å². The standard InChI is InChI=1S/C14H25N5/c1-15-7-3-8-16-13-10-14(19-11-18-13)17-9-6-12-4-2-5-12/h10-12,15H,2-9H2,1H3,(H2,16,17,18,19). The Morgan fingerprint density at radius 2 is 1.84 bits per heavy atom. The zero-order chi connectivity index (χ0) is 13.3. The van der Waals surface area contributed by atoms with Gasteiger partial charge in [0.2, 0.25) is 0 Å². The van der Waals surface area contributed by atoms with E-state index >= 15 is 0 Å². The molecule has 0 unspecified atom stereocenters. The Morgan fingerprint density at radius 3 is 2.47 bits per heavy atom. The van der Waals surface area contributed by atoms with Crippen molar-refractivity contribution in [1.29, 1.82) is 0 Å². The minimum absolute atomic E-state index is 0.900. The lowest BCUT2D eigenvalue weighted by Crippen LogP contribution is -2.16. The summed E-state index contributed by atoms with van der Waals surface area (Å²) in [5.41, 5.74) is 0. The molecule has 0 saturated heterocycles. The number of aromatic nitrogens is 2. The molecule has 3 N–H and O–H groups in total. The number of anilines is 2. The summed E-state index contributed by atoms with van der Waals surface area (Å²) in [5, 5.41) is 9.82. The zero-order valence-corrected chi connectivity index (χ0v) is 11.8. The molecule has 0 atom stereocenters. The van der Waals surface area contributed by atoms with E-state index in [0.717, 1.165) is 43.6 Å². The van der Waals surface area contributed by atoms with E-state index in [9.17, 15) is 0 Å². The lowest BCUT2D eigenvalue weighted by Gasteiger charge is -2.25. The molecule has 2 rings (SSSR count). The van der Waals surface area contributed by atoms with E-state index in [-0.39, 0.29) is 0 Å². The van der Waals surface area contributed by atoms with Crippen LogP contribution in [0.15, 0.2) is 12.4 Å². The van der Waals surface area contributed by atoms with Crippen molar-refractivity contribution in [2.24, 2.45) is 5.92 Å². The van der Waals surface area contributed by atoms with Gasteiger partial charge in [-0.15, -0.1) is 0 Å². The van der Waals surface area contributed by atoms with Gasteiger partial charge in [0.05, 0.1) is 0 Å². The van der Waals surface area contributed by atoms with Crippen molar-refractivity contribution in [1.82, 2.24) is 15.3 Å². The molecule has 1 aliphatic carbocycles. The molecule has 1 fully saturated rings. The smallest absolute Gasteiger partial charge is 0.131 e. The van der Waals surface area contributed by atoms with Crippen LogP contribution in [0.25, 0.3) is 0 Å². The van der Waals surface area contributed by atoms with Crippen molar-refractivity contribution in [2.45, 2.75) is 32.1 Å². The van der Waals surface area contributed by atoms with Gasteiger partial charge in [-0.25, -0.2) is 9.97 Å². The molecule has 5 nitrogen and oxygen atoms in total. The molecule has 1 heterocycles. The third kappa shape index (κ3) is 5.03. The van der Waals surface area contributed by atoms with Crippen LogP contribution in [0.3, 0.4) is 0 Å². The topological polar surface area (TPSA) is 61.9 Å². The molecule has 0 radical (unpaired) electrons. The van der Waals surface area contributed by atoms with Crippen LogP contribution in [0.2, 0.25) is 0 Å². The Balaban J connectivity index is 1.68. The van der Waals surface area contributed by atoms with Crippen molar-refractivity contribution in [2.75, 3.05) is 37.3 Å². The summed E-state index contributed by atoms with van der Waals surface area (Å²) in [7, 11) is 1.97. The first kappa shape index (κ1) is 14.1. The van der Waals surface area contributed by atoms with Crippen LogP contribution >= 0.6 is 0 Å². The van der Waals surface area contributed by atoms with E-state index in [2.05, 4.69) is 25.9 Å². The molecule has 5 heteroatoms. The second kappa shape index (κ2) is 7.94. The van der Waals surface area contributed by atoms with Gasteiger partial charge in [-0.3, -0.25) is 0 Å². The summed E-state index contributed by atoms with van der Waals surface area (Å²) < 4.78 is 0. The molecular weight excluding hydrogens is 238 g/mol. The van der Waals surface area contributed by atoms with Gasteiger partial charge in [0, 0.05) is 19.2 Å². The van der Waals surface area contributed by atoms with Crippen LogP contribution in [0.5, 0.6) is 0 Å². The summed E-state index contributed by atoms with van der Waals surface area (Å²) in [5.74, 6) is 2.76. The van der Waals surface area contributed by atoms with Crippen LogP contribution in [0.4, 0.5) is 11.6 Å². The number of rotatable bonds is 9. The molecule has 0 bridgehead atoms. The molecule has 0 aliphatic heterocycles. The highest BCUT2D eigenvalue weighted by Gasteiger charge is 2.16. The first-order valence-corrected chi connectivity index (χ1v) is 7.33. The summed E-state index contributed by atoms with van der Waals surface area (Å²) in [6.07, 6.45) is 8.19. The van der Waals surface area contributed by atoms with Gasteiger partial charge >= 0.3 is 0 Å². The van der Waals surface area contributed by atoms with E-state index in [1.165, 1.54) is 25.7 Å². The van der Waals surface area contributed by atoms with Crippen molar-refractivity contribution in [3.05, 3.63) is 12.4 Å². The second-order valence-corrected chi connectivity index (χ2v) is 5.18. The van der Waals surface area contributed by atoms with Gasteiger partial charge < -0.3 is 16.0 Å². The van der Waals surface area contributed by atoms with Gasteiger partial charge in [0.1, 0.15) is 18.0 Å². The Kier molecular flexibility index (Phi) is 5.88. The first-order chi connectivity index (χ1) is 9.38. The van der Waals surface area contributed by atoms with Crippen LogP contribution in [0, 0.1) is 5.92 Å². The van der Waals surface area contributed by atoms with E-state index in [4.69, 9.17) is 0 Å². The van der Waals surface area contributed by atoms with E-state index < -0.39 is 0 Å². The van der Waals surface area contributed by atoms with Crippen LogP contribution < -0.4 is 16.0 Å². The number of hydrogen-bond donors (Lipinski definition) is 3. The predicted molar refractivity (Wildman–Crippen MR) is 79.5 cm³/mol. The minimum atomic E-state index is 0.900. The third-order valence-electron chi connectivity index (χ3n) is 3.66. The van der Waals surface area contributed by atoms with E-state index in [0.29, 0.717) is 0 Å². The third-order valence-corrected chi connectivity index (χ3v) is 3.66. The highest BCUT2D eigenvalue weighted by atomic mass is 15.1. The lowest BCUT2D eigenvalue weighted by atomic mass is 9.83. The Labute approximate surface area is 115 Å². The van der Waals surface area contributed by atoms with Gasteiger partial charge in [0.15, 0.2) is 0 Å². The molecule has 106 valence electrons. The van der Waals surface area contributed by atoms with Crippen molar-refractivity contribution < 1.29 is 0 Å². The van der Waals surface area contributed by atoms with Gasteiger partial charge in [-0.1, -0.05) is 19.3 Å². The van der Waals surface area contributed by atoms with Gasteiger partial charge in [-0.2, -0.15) is 0 Å². The second-order valence-electron chi connectivity index (χ2n) is 5.18. The van der Waals surface area contributed by atoms with E-state index in [1.54, 1.807) is 6.33 Å². The molecule has 19 heavy (non-hydrogen) atoms. The summed E-state index contributed by atoms with van der Waals surface area (Å²) in [6, 6.07) is 1.99. The van der Waals surface area contributed by atoms with Crippen LogP contribution in [0.1, 0.15) is 32.1 Å². The fourth-order valence-electron chi connectivity index (χ4n) is 2.22. The Hall–Kier alpha value is -1.36. The molecule has 0 spiro atoms. The molecule has 1 aromatic rings. The average molecular weight is 263 g/mol. The maximum absolute atomic E-state index is 4.25. The molecule has 1 aromatic heterocycles. The Morgan fingerprint density at radius 1 is 1.11 bits per heavy atom. The molecular formula is C14H25N5. The first-order valence-electron chi connectivity index (χ1n) is 7.33. The summed E-state index contributed by atoms with van der Waals surface area (Å²) in [4.78, 5) is 8.47. The quantitative estimate of drug-likeness (QED) is 0.596. The normalized spacial score (nSPS) is 15.0. The van der Waals surface area contributed by atoms with E-state index in [1.807, 2.05) is 13.1 Å². The SMILES string of the molecule is CNCCCNc1cc(NCCC2CCC2)ncn1. The monoisotopic (exact) mass is 263 g/mol. The molecule has 1 saturated carbocycles. The lowest BCUT2D eigenvalue weighted by molar-refractivity contribution is 0.303. The number of nitrogens with one attached hydrogen (secondary N) is 3. The van der Waals surface area contributed by atoms with Crippen molar-refractivity contribution in [3.8, 4) is 0 Å². The summed E-state index contributed by atoms with van der Waals surface area (Å²) >= 11 is 0. The van der Waals surface area contributed by atoms with Crippen molar-refractivity contribution in [3.63, 3.8) is 0 Å². The maximum atomic E-state index is 4.25. The van der Waals surface area contributed by atoms with Crippen molar-refractivity contribution >= 4 is 11.6 Å². The predicted octanol–water partition coefficient (Wildman–Crippen LogP) is 2.10. The summed E-state index contributed by atoms with van der Waals surface area (Å²) in [6.45, 7) is 2.96.